The van der Waals surface area contributed by atoms with Gasteiger partial charge in [-0.05, 0) is 43.0 Å². The van der Waals surface area contributed by atoms with Crippen molar-refractivity contribution in [2.75, 3.05) is 19.6 Å². The molecule has 0 amide bonds. The first-order chi connectivity index (χ1) is 14.2. The Morgan fingerprint density at radius 3 is 2.72 bits per heavy atom. The quantitative estimate of drug-likeness (QED) is 0.705. The van der Waals surface area contributed by atoms with Crippen molar-refractivity contribution in [1.29, 1.82) is 0 Å². The molecule has 1 unspecified atom stereocenters. The number of aromatic nitrogens is 2. The summed E-state index contributed by atoms with van der Waals surface area (Å²) in [7, 11) is 0. The molecule has 1 aliphatic heterocycles. The Labute approximate surface area is 171 Å². The number of benzene rings is 2. The number of ketones is 1. The summed E-state index contributed by atoms with van der Waals surface area (Å²) in [6.07, 6.45) is 2.13. The van der Waals surface area contributed by atoms with Crippen molar-refractivity contribution in [2.45, 2.75) is 38.9 Å². The SMILES string of the molecule is Cc1ccccc1Cn1c(CN2CCNCC2C(=O)C2CC2)nc2ccccc21. The van der Waals surface area contributed by atoms with Crippen LogP contribution in [0.25, 0.3) is 11.0 Å². The van der Waals surface area contributed by atoms with E-state index in [1.165, 1.54) is 11.1 Å². The molecule has 0 bridgehead atoms. The highest BCUT2D eigenvalue weighted by atomic mass is 16.1. The zero-order valence-corrected chi connectivity index (χ0v) is 17.0. The van der Waals surface area contributed by atoms with E-state index in [2.05, 4.69) is 64.2 Å². The minimum atomic E-state index is -0.0250. The van der Waals surface area contributed by atoms with Gasteiger partial charge in [0, 0.05) is 32.1 Å². The molecule has 0 radical (unpaired) electrons. The number of Topliss-reactive ketones (excluding diaryl/α,β-unsaturated/α-hetero) is 1. The third-order valence-electron chi connectivity index (χ3n) is 6.33. The summed E-state index contributed by atoms with van der Waals surface area (Å²) in [5, 5.41) is 3.41. The van der Waals surface area contributed by atoms with Crippen molar-refractivity contribution in [3.8, 4) is 0 Å². The van der Waals surface area contributed by atoms with Crippen LogP contribution in [-0.2, 0) is 17.9 Å². The van der Waals surface area contributed by atoms with E-state index in [-0.39, 0.29) is 12.0 Å². The van der Waals surface area contributed by atoms with Crippen molar-refractivity contribution in [1.82, 2.24) is 19.8 Å². The fourth-order valence-corrected chi connectivity index (χ4v) is 4.42. The number of fused-ring (bicyclic) bond motifs is 1. The Morgan fingerprint density at radius 2 is 1.90 bits per heavy atom. The molecule has 2 aromatic carbocycles. The number of nitrogens with zero attached hydrogens (tertiary/aromatic N) is 3. The molecule has 1 aliphatic carbocycles. The van der Waals surface area contributed by atoms with Crippen molar-refractivity contribution < 1.29 is 4.79 Å². The number of para-hydroxylation sites is 2. The number of carbonyl (C=O) groups is 1. The van der Waals surface area contributed by atoms with Gasteiger partial charge in [0.05, 0.1) is 23.6 Å². The molecule has 5 heteroatoms. The number of piperazine rings is 1. The van der Waals surface area contributed by atoms with Gasteiger partial charge in [0.25, 0.3) is 0 Å². The molecule has 1 atom stereocenters. The summed E-state index contributed by atoms with van der Waals surface area (Å²) in [6, 6.07) is 16.9. The average Bonchev–Trinajstić information content (AvgIpc) is 3.54. The van der Waals surface area contributed by atoms with E-state index in [0.717, 1.165) is 55.9 Å². The predicted molar refractivity (Wildman–Crippen MR) is 115 cm³/mol. The number of nitrogens with one attached hydrogen (secondary N) is 1. The van der Waals surface area contributed by atoms with E-state index in [1.54, 1.807) is 0 Å². The second-order valence-corrected chi connectivity index (χ2v) is 8.40. The first kappa shape index (κ1) is 18.5. The highest BCUT2D eigenvalue weighted by Gasteiger charge is 2.38. The van der Waals surface area contributed by atoms with Crippen molar-refractivity contribution in [3.05, 3.63) is 65.5 Å². The van der Waals surface area contributed by atoms with Gasteiger partial charge in [0.15, 0.2) is 5.78 Å². The highest BCUT2D eigenvalue weighted by Crippen LogP contribution is 2.32. The van der Waals surface area contributed by atoms with Gasteiger partial charge >= 0.3 is 0 Å². The molecule has 3 aromatic rings. The highest BCUT2D eigenvalue weighted by molar-refractivity contribution is 5.88. The number of hydrogen-bond acceptors (Lipinski definition) is 4. The minimum Gasteiger partial charge on any atom is -0.322 e. The van der Waals surface area contributed by atoms with Crippen molar-refractivity contribution >= 4 is 16.8 Å². The lowest BCUT2D eigenvalue weighted by Crippen LogP contribution is -2.55. The summed E-state index contributed by atoms with van der Waals surface area (Å²) in [4.78, 5) is 20.2. The molecule has 2 heterocycles. The number of aryl methyl sites for hydroxylation is 1. The Kier molecular flexibility index (Phi) is 4.94. The fourth-order valence-electron chi connectivity index (χ4n) is 4.42. The molecule has 2 fully saturated rings. The van der Waals surface area contributed by atoms with Crippen LogP contribution in [0, 0.1) is 12.8 Å². The van der Waals surface area contributed by atoms with E-state index in [0.29, 0.717) is 12.3 Å². The third kappa shape index (κ3) is 3.72. The smallest absolute Gasteiger partial charge is 0.154 e. The fraction of sp³-hybridized carbons (Fsp3) is 0.417. The van der Waals surface area contributed by atoms with Gasteiger partial charge in [-0.1, -0.05) is 36.4 Å². The molecular weight excluding hydrogens is 360 g/mol. The Morgan fingerprint density at radius 1 is 1.10 bits per heavy atom. The maximum atomic E-state index is 12.8. The standard InChI is InChI=1S/C24H28N4O/c1-17-6-2-3-7-19(17)15-28-21-9-5-4-8-20(21)26-23(28)16-27-13-12-25-14-22(27)24(29)18-10-11-18/h2-9,18,22,25H,10-16H2,1H3. The van der Waals surface area contributed by atoms with Crippen LogP contribution in [0.3, 0.4) is 0 Å². The minimum absolute atomic E-state index is 0.0250. The van der Waals surface area contributed by atoms with Crippen molar-refractivity contribution in [3.63, 3.8) is 0 Å². The first-order valence-corrected chi connectivity index (χ1v) is 10.7. The molecule has 29 heavy (non-hydrogen) atoms. The maximum Gasteiger partial charge on any atom is 0.154 e. The van der Waals surface area contributed by atoms with E-state index < -0.39 is 0 Å². The summed E-state index contributed by atoms with van der Waals surface area (Å²) in [6.45, 7) is 6.24. The molecule has 150 valence electrons. The van der Waals surface area contributed by atoms with E-state index in [9.17, 15) is 4.79 Å². The van der Waals surface area contributed by atoms with E-state index in [4.69, 9.17) is 4.98 Å². The lowest BCUT2D eigenvalue weighted by molar-refractivity contribution is -0.126. The molecule has 2 aliphatic rings. The number of hydrogen-bond donors (Lipinski definition) is 1. The molecule has 1 N–H and O–H groups in total. The van der Waals surface area contributed by atoms with Crippen LogP contribution in [0.5, 0.6) is 0 Å². The predicted octanol–water partition coefficient (Wildman–Crippen LogP) is 3.15. The van der Waals surface area contributed by atoms with Gasteiger partial charge in [-0.15, -0.1) is 0 Å². The number of carbonyl (C=O) groups excluding carboxylic acids is 1. The summed E-state index contributed by atoms with van der Waals surface area (Å²) < 4.78 is 2.33. The van der Waals surface area contributed by atoms with Crippen molar-refractivity contribution in [2.24, 2.45) is 5.92 Å². The largest absolute Gasteiger partial charge is 0.322 e. The van der Waals surface area contributed by atoms with Gasteiger partial charge in [-0.3, -0.25) is 9.69 Å². The summed E-state index contributed by atoms with van der Waals surface area (Å²) in [5.41, 5.74) is 4.78. The van der Waals surface area contributed by atoms with Crippen LogP contribution < -0.4 is 5.32 Å². The second-order valence-electron chi connectivity index (χ2n) is 8.40. The van der Waals surface area contributed by atoms with E-state index in [1.807, 2.05) is 6.07 Å². The zero-order chi connectivity index (χ0) is 19.8. The normalized spacial score (nSPS) is 20.2. The van der Waals surface area contributed by atoms with Crippen LogP contribution >= 0.6 is 0 Å². The molecular formula is C24H28N4O. The summed E-state index contributed by atoms with van der Waals surface area (Å²) >= 11 is 0. The van der Waals surface area contributed by atoms with Crippen LogP contribution in [0.1, 0.15) is 29.8 Å². The Bertz CT molecular complexity index is 1040. The number of rotatable bonds is 6. The van der Waals surface area contributed by atoms with Gasteiger partial charge in [-0.2, -0.15) is 0 Å². The molecule has 5 rings (SSSR count). The van der Waals surface area contributed by atoms with Gasteiger partial charge in [0.1, 0.15) is 5.82 Å². The van der Waals surface area contributed by atoms with E-state index >= 15 is 0 Å². The zero-order valence-electron chi connectivity index (χ0n) is 17.0. The average molecular weight is 389 g/mol. The maximum absolute atomic E-state index is 12.8. The molecule has 1 saturated heterocycles. The van der Waals surface area contributed by atoms with Gasteiger partial charge in [-0.25, -0.2) is 4.98 Å². The van der Waals surface area contributed by atoms with Crippen LogP contribution in [-0.4, -0.2) is 45.9 Å². The lowest BCUT2D eigenvalue weighted by atomic mass is 10.0. The van der Waals surface area contributed by atoms with Gasteiger partial charge in [0.2, 0.25) is 0 Å². The molecule has 1 aromatic heterocycles. The second kappa shape index (κ2) is 7.73. The molecule has 5 nitrogen and oxygen atoms in total. The monoisotopic (exact) mass is 388 g/mol. The molecule has 1 saturated carbocycles. The van der Waals surface area contributed by atoms with Crippen LogP contribution in [0.4, 0.5) is 0 Å². The first-order valence-electron chi connectivity index (χ1n) is 10.7. The lowest BCUT2D eigenvalue weighted by Gasteiger charge is -2.35. The molecule has 0 spiro atoms. The summed E-state index contributed by atoms with van der Waals surface area (Å²) in [5.74, 6) is 1.75. The Hall–Kier alpha value is -2.50. The van der Waals surface area contributed by atoms with Gasteiger partial charge < -0.3 is 9.88 Å². The van der Waals surface area contributed by atoms with Crippen LogP contribution in [0.2, 0.25) is 0 Å². The Balaban J connectivity index is 1.49. The number of imidazole rings is 1. The third-order valence-corrected chi connectivity index (χ3v) is 6.33. The van der Waals surface area contributed by atoms with Crippen LogP contribution in [0.15, 0.2) is 48.5 Å². The topological polar surface area (TPSA) is 50.2 Å².